The standard InChI is InChI=1S/C20H24N4O3/c21-10-15(12-25)23-19(26)16-7-3-1-6-14(16)11-22-20(27)18-9-13-5-2-4-8-17(13)24-18/h2,4-5,8-9,14-16,24-25H,1,3,6-7,11-12H2,(H,22,27)(H,23,26)/t14-,15-,16-/m1/s1. The second kappa shape index (κ2) is 8.69. The molecule has 1 fully saturated rings. The molecule has 1 aromatic heterocycles. The minimum atomic E-state index is -0.888. The molecule has 3 atom stereocenters. The van der Waals surface area contributed by atoms with Gasteiger partial charge in [-0.3, -0.25) is 9.59 Å². The zero-order valence-electron chi connectivity index (χ0n) is 15.1. The smallest absolute Gasteiger partial charge is 0.267 e. The Balaban J connectivity index is 1.61. The van der Waals surface area contributed by atoms with Crippen LogP contribution in [0.3, 0.4) is 0 Å². The SMILES string of the molecule is N#C[C@H](CO)NC(=O)[C@@H]1CCCC[C@@H]1CNC(=O)c1cc2ccccc2[nH]1. The van der Waals surface area contributed by atoms with Crippen LogP contribution >= 0.6 is 0 Å². The van der Waals surface area contributed by atoms with Crippen LogP contribution in [-0.2, 0) is 4.79 Å². The number of H-pyrrole nitrogens is 1. The average molecular weight is 368 g/mol. The summed E-state index contributed by atoms with van der Waals surface area (Å²) < 4.78 is 0. The maximum atomic E-state index is 12.5. The Hall–Kier alpha value is -2.85. The van der Waals surface area contributed by atoms with Crippen molar-refractivity contribution in [2.75, 3.05) is 13.2 Å². The van der Waals surface area contributed by atoms with Gasteiger partial charge in [0.25, 0.3) is 5.91 Å². The first kappa shape index (κ1) is 18.9. The maximum absolute atomic E-state index is 12.5. The Morgan fingerprint density at radius 1 is 1.30 bits per heavy atom. The van der Waals surface area contributed by atoms with Gasteiger partial charge in [0.15, 0.2) is 0 Å². The molecule has 0 aliphatic heterocycles. The van der Waals surface area contributed by atoms with Crippen molar-refractivity contribution < 1.29 is 14.7 Å². The van der Waals surface area contributed by atoms with Crippen molar-refractivity contribution in [2.45, 2.75) is 31.7 Å². The van der Waals surface area contributed by atoms with Gasteiger partial charge in [0.2, 0.25) is 5.91 Å². The lowest BCUT2D eigenvalue weighted by atomic mass is 9.78. The average Bonchev–Trinajstić information content (AvgIpc) is 3.14. The summed E-state index contributed by atoms with van der Waals surface area (Å²) in [5.74, 6) is -0.657. The molecule has 0 radical (unpaired) electrons. The lowest BCUT2D eigenvalue weighted by Gasteiger charge is -2.31. The molecule has 2 aromatic rings. The van der Waals surface area contributed by atoms with Crippen molar-refractivity contribution in [2.24, 2.45) is 11.8 Å². The van der Waals surface area contributed by atoms with Crippen molar-refractivity contribution in [3.63, 3.8) is 0 Å². The highest BCUT2D eigenvalue weighted by molar-refractivity contribution is 5.98. The number of fused-ring (bicyclic) bond motifs is 1. The second-order valence-electron chi connectivity index (χ2n) is 7.00. The Kier molecular flexibility index (Phi) is 6.09. The quantitative estimate of drug-likeness (QED) is 0.621. The van der Waals surface area contributed by atoms with E-state index in [1.807, 2.05) is 36.4 Å². The van der Waals surface area contributed by atoms with Crippen LogP contribution in [0.25, 0.3) is 10.9 Å². The van der Waals surface area contributed by atoms with Crippen LogP contribution in [0.4, 0.5) is 0 Å². The van der Waals surface area contributed by atoms with E-state index in [0.29, 0.717) is 12.2 Å². The van der Waals surface area contributed by atoms with Crippen molar-refractivity contribution in [3.8, 4) is 6.07 Å². The summed E-state index contributed by atoms with van der Waals surface area (Å²) in [5, 5.41) is 24.5. The van der Waals surface area contributed by atoms with Gasteiger partial charge in [0, 0.05) is 23.4 Å². The normalized spacial score (nSPS) is 20.6. The van der Waals surface area contributed by atoms with Gasteiger partial charge in [0.05, 0.1) is 12.7 Å². The number of aliphatic hydroxyl groups excluding tert-OH is 1. The number of benzene rings is 1. The molecule has 142 valence electrons. The van der Waals surface area contributed by atoms with Gasteiger partial charge in [-0.15, -0.1) is 0 Å². The number of nitrogens with one attached hydrogen (secondary N) is 3. The van der Waals surface area contributed by atoms with E-state index < -0.39 is 12.6 Å². The summed E-state index contributed by atoms with van der Waals surface area (Å²) in [6.07, 6.45) is 3.53. The zero-order chi connectivity index (χ0) is 19.2. The molecule has 1 heterocycles. The molecule has 0 spiro atoms. The Morgan fingerprint density at radius 3 is 2.81 bits per heavy atom. The number of hydrogen-bond acceptors (Lipinski definition) is 4. The summed E-state index contributed by atoms with van der Waals surface area (Å²) in [6.45, 7) is -0.000619. The van der Waals surface area contributed by atoms with E-state index >= 15 is 0 Å². The van der Waals surface area contributed by atoms with E-state index in [0.717, 1.165) is 36.6 Å². The van der Waals surface area contributed by atoms with Gasteiger partial charge in [-0.2, -0.15) is 5.26 Å². The van der Waals surface area contributed by atoms with Crippen LogP contribution in [-0.4, -0.2) is 41.1 Å². The third-order valence-corrected chi connectivity index (χ3v) is 5.20. The molecule has 7 heteroatoms. The Morgan fingerprint density at radius 2 is 2.07 bits per heavy atom. The number of carbonyl (C=O) groups excluding carboxylic acids is 2. The second-order valence-corrected chi connectivity index (χ2v) is 7.00. The predicted octanol–water partition coefficient (Wildman–Crippen LogP) is 1.70. The number of aromatic amines is 1. The number of nitrogens with zero attached hydrogens (tertiary/aromatic N) is 1. The predicted molar refractivity (Wildman–Crippen MR) is 101 cm³/mol. The molecule has 0 saturated heterocycles. The van der Waals surface area contributed by atoms with E-state index in [1.165, 1.54) is 0 Å². The largest absolute Gasteiger partial charge is 0.393 e. The van der Waals surface area contributed by atoms with E-state index in [9.17, 15) is 9.59 Å². The van der Waals surface area contributed by atoms with Crippen molar-refractivity contribution in [3.05, 3.63) is 36.0 Å². The number of rotatable bonds is 6. The van der Waals surface area contributed by atoms with E-state index in [2.05, 4.69) is 15.6 Å². The van der Waals surface area contributed by atoms with Crippen molar-refractivity contribution in [1.29, 1.82) is 5.26 Å². The summed E-state index contributed by atoms with van der Waals surface area (Å²) in [5.41, 5.74) is 1.40. The molecule has 1 aliphatic rings. The third-order valence-electron chi connectivity index (χ3n) is 5.20. The molecular formula is C20H24N4O3. The number of amides is 2. The lowest BCUT2D eigenvalue weighted by molar-refractivity contribution is -0.128. The van der Waals surface area contributed by atoms with Crippen LogP contribution in [0.15, 0.2) is 30.3 Å². The Labute approximate surface area is 157 Å². The summed E-state index contributed by atoms with van der Waals surface area (Å²) >= 11 is 0. The zero-order valence-corrected chi connectivity index (χ0v) is 15.1. The van der Waals surface area contributed by atoms with E-state index in [-0.39, 0.29) is 23.7 Å². The number of aliphatic hydroxyl groups is 1. The van der Waals surface area contributed by atoms with Gasteiger partial charge < -0.3 is 20.7 Å². The lowest BCUT2D eigenvalue weighted by Crippen LogP contribution is -2.45. The van der Waals surface area contributed by atoms with Crippen LogP contribution in [0, 0.1) is 23.2 Å². The van der Waals surface area contributed by atoms with Gasteiger partial charge in [0.1, 0.15) is 11.7 Å². The highest BCUT2D eigenvalue weighted by Gasteiger charge is 2.32. The van der Waals surface area contributed by atoms with Gasteiger partial charge in [-0.25, -0.2) is 0 Å². The first-order valence-corrected chi connectivity index (χ1v) is 9.29. The minimum absolute atomic E-state index is 0.0186. The first-order chi connectivity index (χ1) is 13.1. The van der Waals surface area contributed by atoms with Crippen molar-refractivity contribution >= 4 is 22.7 Å². The molecule has 7 nitrogen and oxygen atoms in total. The molecule has 1 aliphatic carbocycles. The van der Waals surface area contributed by atoms with Gasteiger partial charge in [-0.05, 0) is 30.9 Å². The molecular weight excluding hydrogens is 344 g/mol. The molecule has 4 N–H and O–H groups in total. The monoisotopic (exact) mass is 368 g/mol. The minimum Gasteiger partial charge on any atom is -0.393 e. The topological polar surface area (TPSA) is 118 Å². The molecule has 0 unspecified atom stereocenters. The first-order valence-electron chi connectivity index (χ1n) is 9.29. The summed E-state index contributed by atoms with van der Waals surface area (Å²) in [4.78, 5) is 28.1. The molecule has 1 saturated carbocycles. The number of para-hydroxylation sites is 1. The highest BCUT2D eigenvalue weighted by Crippen LogP contribution is 2.30. The third kappa shape index (κ3) is 4.47. The molecule has 0 bridgehead atoms. The van der Waals surface area contributed by atoms with Crippen molar-refractivity contribution in [1.82, 2.24) is 15.6 Å². The molecule has 3 rings (SSSR count). The molecule has 1 aromatic carbocycles. The number of carbonyl (C=O) groups is 2. The fourth-order valence-corrected chi connectivity index (χ4v) is 3.71. The number of nitriles is 1. The Bertz CT molecular complexity index is 821. The molecule has 27 heavy (non-hydrogen) atoms. The summed E-state index contributed by atoms with van der Waals surface area (Å²) in [7, 11) is 0. The van der Waals surface area contributed by atoms with Gasteiger partial charge >= 0.3 is 0 Å². The van der Waals surface area contributed by atoms with Gasteiger partial charge in [-0.1, -0.05) is 31.0 Å². The maximum Gasteiger partial charge on any atom is 0.267 e. The molecule has 2 amide bonds. The van der Waals surface area contributed by atoms with E-state index in [1.54, 1.807) is 0 Å². The van der Waals surface area contributed by atoms with Crippen LogP contribution in [0.1, 0.15) is 36.2 Å². The number of aromatic nitrogens is 1. The van der Waals surface area contributed by atoms with Crippen LogP contribution < -0.4 is 10.6 Å². The fraction of sp³-hybridized carbons (Fsp3) is 0.450. The highest BCUT2D eigenvalue weighted by atomic mass is 16.3. The van der Waals surface area contributed by atoms with Crippen LogP contribution in [0.5, 0.6) is 0 Å². The number of hydrogen-bond donors (Lipinski definition) is 4. The summed E-state index contributed by atoms with van der Waals surface area (Å²) in [6, 6.07) is 10.5. The van der Waals surface area contributed by atoms with Crippen LogP contribution in [0.2, 0.25) is 0 Å². The fourth-order valence-electron chi connectivity index (χ4n) is 3.71. The van der Waals surface area contributed by atoms with E-state index in [4.69, 9.17) is 10.4 Å².